The Morgan fingerprint density at radius 2 is 2.24 bits per heavy atom. The lowest BCUT2D eigenvalue weighted by molar-refractivity contribution is -0.130. The molecule has 0 saturated carbocycles. The van der Waals surface area contributed by atoms with E-state index >= 15 is 0 Å². The van der Waals surface area contributed by atoms with Gasteiger partial charge in [0.15, 0.2) is 0 Å². The maximum Gasteiger partial charge on any atom is 0.422 e. The van der Waals surface area contributed by atoms with Crippen molar-refractivity contribution in [2.24, 2.45) is 0 Å². The number of amides is 1. The van der Waals surface area contributed by atoms with E-state index in [2.05, 4.69) is 4.74 Å². The van der Waals surface area contributed by atoms with Crippen LogP contribution in [0, 0.1) is 0 Å². The molecule has 0 N–H and O–H groups in total. The van der Waals surface area contributed by atoms with Gasteiger partial charge in [0.25, 0.3) is 0 Å². The summed E-state index contributed by atoms with van der Waals surface area (Å²) in [5, 5.41) is 0. The Labute approximate surface area is 105 Å². The molecule has 17 heavy (non-hydrogen) atoms. The molecule has 4 nitrogen and oxygen atoms in total. The van der Waals surface area contributed by atoms with Gasteiger partial charge in [0.2, 0.25) is 0 Å². The number of hydrogen-bond donors (Lipinski definition) is 0. The molecule has 0 spiro atoms. The van der Waals surface area contributed by atoms with E-state index in [-0.39, 0.29) is 0 Å². The molecule has 2 saturated heterocycles. The Balaban J connectivity index is 2.16. The third-order valence-corrected chi connectivity index (χ3v) is 3.83. The van der Waals surface area contributed by atoms with E-state index in [0.29, 0.717) is 12.2 Å². The average Bonchev–Trinajstić information content (AvgIpc) is 2.88. The summed E-state index contributed by atoms with van der Waals surface area (Å²) in [6.07, 6.45) is 6.12. The quantitative estimate of drug-likeness (QED) is 0.441. The normalized spacial score (nSPS) is 25.1. The van der Waals surface area contributed by atoms with Gasteiger partial charge >= 0.3 is 12.1 Å². The van der Waals surface area contributed by atoms with Gasteiger partial charge in [0.05, 0.1) is 0 Å². The monoisotopic (exact) mass is 253 g/mol. The predicted octanol–water partition coefficient (Wildman–Crippen LogP) is 2.67. The third kappa shape index (κ3) is 2.72. The molecule has 0 bridgehead atoms. The third-order valence-electron chi connectivity index (χ3n) is 2.63. The van der Waals surface area contributed by atoms with Crippen molar-refractivity contribution in [3.05, 3.63) is 22.8 Å². The van der Waals surface area contributed by atoms with Crippen molar-refractivity contribution in [2.75, 3.05) is 12.3 Å². The lowest BCUT2D eigenvalue weighted by Gasteiger charge is -2.10. The Hall–Kier alpha value is -1.23. The van der Waals surface area contributed by atoms with Crippen LogP contribution >= 0.6 is 11.8 Å². The molecule has 2 aliphatic rings. The summed E-state index contributed by atoms with van der Waals surface area (Å²) in [4.78, 5) is 25.5. The summed E-state index contributed by atoms with van der Waals surface area (Å²) in [6, 6.07) is 0. The van der Waals surface area contributed by atoms with Gasteiger partial charge in [-0.15, -0.1) is 11.8 Å². The topological polar surface area (TPSA) is 46.6 Å². The van der Waals surface area contributed by atoms with Crippen LogP contribution in [0.4, 0.5) is 4.79 Å². The molecular formula is C12H15NO3S. The lowest BCUT2D eigenvalue weighted by atomic mass is 10.3. The Bertz CT molecular complexity index is 393. The molecule has 0 aromatic rings. The highest BCUT2D eigenvalue weighted by Gasteiger charge is 2.34. The van der Waals surface area contributed by atoms with Crippen molar-refractivity contribution < 1.29 is 14.3 Å². The smallest absolute Gasteiger partial charge is 0.371 e. The van der Waals surface area contributed by atoms with Crippen molar-refractivity contribution in [2.45, 2.75) is 26.2 Å². The second-order valence-electron chi connectivity index (χ2n) is 3.94. The maximum absolute atomic E-state index is 11.5. The average molecular weight is 253 g/mol. The molecule has 1 amide bonds. The van der Waals surface area contributed by atoms with Crippen molar-refractivity contribution in [1.82, 2.24) is 4.90 Å². The zero-order valence-electron chi connectivity index (χ0n) is 9.77. The predicted molar refractivity (Wildman–Crippen MR) is 66.3 cm³/mol. The molecular weight excluding hydrogens is 238 g/mol. The zero-order chi connectivity index (χ0) is 12.3. The first-order valence-corrected chi connectivity index (χ1v) is 6.78. The van der Waals surface area contributed by atoms with Crippen LogP contribution in [0.3, 0.4) is 0 Å². The highest BCUT2D eigenvalue weighted by molar-refractivity contribution is 8.03. The Morgan fingerprint density at radius 3 is 2.88 bits per heavy atom. The molecule has 2 fully saturated rings. The first kappa shape index (κ1) is 12.2. The van der Waals surface area contributed by atoms with Crippen LogP contribution in [0.1, 0.15) is 26.2 Å². The van der Waals surface area contributed by atoms with Crippen LogP contribution < -0.4 is 0 Å². The van der Waals surface area contributed by atoms with E-state index in [0.717, 1.165) is 18.6 Å². The van der Waals surface area contributed by atoms with Crippen LogP contribution in [0.25, 0.3) is 0 Å². The molecule has 0 aliphatic carbocycles. The number of carbonyl (C=O) groups is 2. The molecule has 2 rings (SSSR count). The second-order valence-corrected chi connectivity index (χ2v) is 5.17. The van der Waals surface area contributed by atoms with Gasteiger partial charge in [-0.25, -0.2) is 9.59 Å². The molecule has 0 atom stereocenters. The molecule has 2 heterocycles. The van der Waals surface area contributed by atoms with E-state index < -0.39 is 12.1 Å². The number of esters is 1. The highest BCUT2D eigenvalue weighted by Crippen LogP contribution is 2.30. The van der Waals surface area contributed by atoms with E-state index in [9.17, 15) is 9.59 Å². The molecule has 5 heteroatoms. The van der Waals surface area contributed by atoms with Gasteiger partial charge in [0.1, 0.15) is 5.70 Å². The summed E-state index contributed by atoms with van der Waals surface area (Å²) in [5.41, 5.74) is 0.358. The molecule has 92 valence electrons. The van der Waals surface area contributed by atoms with Crippen molar-refractivity contribution >= 4 is 23.8 Å². The zero-order valence-corrected chi connectivity index (χ0v) is 10.6. The number of hydrogen-bond acceptors (Lipinski definition) is 4. The molecule has 2 aliphatic heterocycles. The first-order chi connectivity index (χ1) is 8.22. The first-order valence-electron chi connectivity index (χ1n) is 5.79. The van der Waals surface area contributed by atoms with Crippen LogP contribution in [-0.2, 0) is 9.53 Å². The number of cyclic esters (lactones) is 2. The van der Waals surface area contributed by atoms with Crippen LogP contribution in [-0.4, -0.2) is 29.3 Å². The number of allylic oxidation sites excluding steroid dienone is 3. The SMILES string of the molecule is CCCN1C(=O)OC(=O)/C1=C\C=C1\CCCS1. The highest BCUT2D eigenvalue weighted by atomic mass is 32.2. The second kappa shape index (κ2) is 5.40. The molecule has 0 aromatic heterocycles. The van der Waals surface area contributed by atoms with Crippen molar-refractivity contribution in [3.63, 3.8) is 0 Å². The van der Waals surface area contributed by atoms with Crippen LogP contribution in [0.5, 0.6) is 0 Å². The largest absolute Gasteiger partial charge is 0.422 e. The summed E-state index contributed by atoms with van der Waals surface area (Å²) < 4.78 is 4.60. The van der Waals surface area contributed by atoms with E-state index in [4.69, 9.17) is 0 Å². The minimum atomic E-state index is -0.555. The summed E-state index contributed by atoms with van der Waals surface area (Å²) >= 11 is 1.80. The Kier molecular flexibility index (Phi) is 3.89. The molecule has 0 unspecified atom stereocenters. The number of rotatable bonds is 3. The Morgan fingerprint density at radius 1 is 1.41 bits per heavy atom. The molecule has 0 radical (unpaired) electrons. The number of nitrogens with zero attached hydrogens (tertiary/aromatic N) is 1. The lowest BCUT2D eigenvalue weighted by Crippen LogP contribution is -2.23. The van der Waals surface area contributed by atoms with Crippen LogP contribution in [0.2, 0.25) is 0 Å². The van der Waals surface area contributed by atoms with Gasteiger partial charge in [-0.05, 0) is 36.0 Å². The fourth-order valence-electron chi connectivity index (χ4n) is 1.81. The van der Waals surface area contributed by atoms with Gasteiger partial charge in [0, 0.05) is 6.54 Å². The summed E-state index contributed by atoms with van der Waals surface area (Å²) in [6.45, 7) is 2.48. The van der Waals surface area contributed by atoms with Crippen LogP contribution in [0.15, 0.2) is 22.8 Å². The minimum Gasteiger partial charge on any atom is -0.371 e. The summed E-state index contributed by atoms with van der Waals surface area (Å²) in [7, 11) is 0. The van der Waals surface area contributed by atoms with E-state index in [1.807, 2.05) is 13.0 Å². The minimum absolute atomic E-state index is 0.358. The maximum atomic E-state index is 11.5. The van der Waals surface area contributed by atoms with Gasteiger partial charge in [-0.1, -0.05) is 13.0 Å². The van der Waals surface area contributed by atoms with Gasteiger partial charge in [-0.2, -0.15) is 0 Å². The van der Waals surface area contributed by atoms with Crippen molar-refractivity contribution in [1.29, 1.82) is 0 Å². The standard InChI is InChI=1S/C12H15NO3S/c1-2-7-13-10(11(14)16-12(13)15)6-5-9-4-3-8-17-9/h5-6H,2-4,7-8H2,1H3/b9-5-,10-6+. The van der Waals surface area contributed by atoms with Gasteiger partial charge < -0.3 is 4.74 Å². The number of carbonyl (C=O) groups excluding carboxylic acids is 2. The van der Waals surface area contributed by atoms with E-state index in [1.54, 1.807) is 17.8 Å². The summed E-state index contributed by atoms with van der Waals surface area (Å²) in [5.74, 6) is 0.597. The molecule has 0 aromatic carbocycles. The fourth-order valence-corrected chi connectivity index (χ4v) is 2.82. The van der Waals surface area contributed by atoms with Crippen molar-refractivity contribution in [3.8, 4) is 0 Å². The van der Waals surface area contributed by atoms with E-state index in [1.165, 1.54) is 16.2 Å². The number of ether oxygens (including phenoxy) is 1. The fraction of sp³-hybridized carbons (Fsp3) is 0.500. The number of thioether (sulfide) groups is 1. The van der Waals surface area contributed by atoms with Gasteiger partial charge in [-0.3, -0.25) is 4.90 Å².